The summed E-state index contributed by atoms with van der Waals surface area (Å²) in [4.78, 5) is 15.7. The lowest BCUT2D eigenvalue weighted by Gasteiger charge is -2.32. The van der Waals surface area contributed by atoms with Crippen molar-refractivity contribution in [2.45, 2.75) is 39.3 Å². The van der Waals surface area contributed by atoms with Crippen molar-refractivity contribution < 1.29 is 13.9 Å². The Hall–Kier alpha value is -2.80. The van der Waals surface area contributed by atoms with Gasteiger partial charge in [-0.2, -0.15) is 0 Å². The van der Waals surface area contributed by atoms with Crippen LogP contribution in [0, 0.1) is 12.8 Å². The Morgan fingerprint density at radius 2 is 2.00 bits per heavy atom. The number of carbonyl (C=O) groups is 1. The molecule has 156 valence electrons. The lowest BCUT2D eigenvalue weighted by atomic mass is 9.89. The van der Waals surface area contributed by atoms with E-state index < -0.39 is 5.91 Å². The van der Waals surface area contributed by atoms with Crippen LogP contribution >= 0.6 is 0 Å². The summed E-state index contributed by atoms with van der Waals surface area (Å²) >= 11 is 0. The molecule has 1 saturated heterocycles. The van der Waals surface area contributed by atoms with Crippen LogP contribution in [0.5, 0.6) is 0 Å². The molecule has 3 rings (SSSR count). The highest BCUT2D eigenvalue weighted by Crippen LogP contribution is 2.33. The normalized spacial score (nSPS) is 19.7. The van der Waals surface area contributed by atoms with Gasteiger partial charge < -0.3 is 25.5 Å². The van der Waals surface area contributed by atoms with Crippen molar-refractivity contribution in [1.29, 1.82) is 0 Å². The zero-order valence-electron chi connectivity index (χ0n) is 17.1. The van der Waals surface area contributed by atoms with E-state index >= 15 is 0 Å². The number of furan rings is 1. The molecule has 2 atom stereocenters. The summed E-state index contributed by atoms with van der Waals surface area (Å²) in [5.74, 6) is 1.23. The molecule has 0 saturated carbocycles. The van der Waals surface area contributed by atoms with Gasteiger partial charge in [-0.05, 0) is 44.4 Å². The SMILES string of the molecule is CCNC(=NCc1ccc(C(N)=O)o1)NCC1CCCOC1c1ccc(C)cc1. The lowest BCUT2D eigenvalue weighted by Crippen LogP contribution is -2.42. The highest BCUT2D eigenvalue weighted by molar-refractivity contribution is 5.89. The largest absolute Gasteiger partial charge is 0.454 e. The molecule has 1 aromatic carbocycles. The molecule has 2 heterocycles. The molecule has 0 aliphatic carbocycles. The molecule has 0 bridgehead atoms. The fourth-order valence-electron chi connectivity index (χ4n) is 3.50. The molecular weight excluding hydrogens is 368 g/mol. The van der Waals surface area contributed by atoms with Crippen LogP contribution in [0.3, 0.4) is 0 Å². The Morgan fingerprint density at radius 3 is 2.69 bits per heavy atom. The second-order valence-electron chi connectivity index (χ2n) is 7.31. The number of nitrogens with zero attached hydrogens (tertiary/aromatic N) is 1. The number of amides is 1. The minimum atomic E-state index is -0.579. The zero-order valence-corrected chi connectivity index (χ0v) is 17.1. The summed E-state index contributed by atoms with van der Waals surface area (Å²) in [5.41, 5.74) is 7.69. The summed E-state index contributed by atoms with van der Waals surface area (Å²) in [5, 5.41) is 6.68. The summed E-state index contributed by atoms with van der Waals surface area (Å²) < 4.78 is 11.5. The zero-order chi connectivity index (χ0) is 20.6. The van der Waals surface area contributed by atoms with Gasteiger partial charge in [-0.3, -0.25) is 4.79 Å². The molecule has 1 aromatic heterocycles. The second kappa shape index (κ2) is 10.1. The van der Waals surface area contributed by atoms with Gasteiger partial charge in [0.15, 0.2) is 11.7 Å². The fourth-order valence-corrected chi connectivity index (χ4v) is 3.50. The summed E-state index contributed by atoms with van der Waals surface area (Å²) in [6.45, 7) is 6.74. The van der Waals surface area contributed by atoms with E-state index in [1.807, 2.05) is 6.92 Å². The second-order valence-corrected chi connectivity index (χ2v) is 7.31. The van der Waals surface area contributed by atoms with Gasteiger partial charge in [0, 0.05) is 25.6 Å². The molecule has 2 aromatic rings. The fraction of sp³-hybridized carbons (Fsp3) is 0.455. The topological polar surface area (TPSA) is 102 Å². The molecule has 0 spiro atoms. The average Bonchev–Trinajstić information content (AvgIpc) is 3.20. The van der Waals surface area contributed by atoms with Crippen molar-refractivity contribution in [3.63, 3.8) is 0 Å². The van der Waals surface area contributed by atoms with Gasteiger partial charge in [0.05, 0.1) is 6.10 Å². The first-order chi connectivity index (χ1) is 14.1. The quantitative estimate of drug-likeness (QED) is 0.492. The summed E-state index contributed by atoms with van der Waals surface area (Å²) in [7, 11) is 0. The van der Waals surface area contributed by atoms with Crippen molar-refractivity contribution in [2.24, 2.45) is 16.6 Å². The van der Waals surface area contributed by atoms with Gasteiger partial charge in [-0.1, -0.05) is 29.8 Å². The van der Waals surface area contributed by atoms with E-state index in [9.17, 15) is 4.79 Å². The number of nitrogens with one attached hydrogen (secondary N) is 2. The first-order valence-electron chi connectivity index (χ1n) is 10.2. The van der Waals surface area contributed by atoms with Crippen LogP contribution < -0.4 is 16.4 Å². The Kier molecular flexibility index (Phi) is 7.30. The van der Waals surface area contributed by atoms with Crippen LogP contribution in [0.1, 0.15) is 53.3 Å². The van der Waals surface area contributed by atoms with E-state index in [0.717, 1.165) is 32.5 Å². The molecule has 0 radical (unpaired) electrons. The molecule has 1 aliphatic heterocycles. The maximum Gasteiger partial charge on any atom is 0.284 e. The number of hydrogen-bond donors (Lipinski definition) is 3. The van der Waals surface area contributed by atoms with Gasteiger partial charge in [0.25, 0.3) is 5.91 Å². The van der Waals surface area contributed by atoms with Crippen molar-refractivity contribution in [3.8, 4) is 0 Å². The Bertz CT molecular complexity index is 829. The van der Waals surface area contributed by atoms with Crippen LogP contribution in [-0.4, -0.2) is 31.6 Å². The van der Waals surface area contributed by atoms with Crippen LogP contribution in [0.15, 0.2) is 45.8 Å². The standard InChI is InChI=1S/C22H30N4O3/c1-3-24-22(26-14-18-10-11-19(29-18)21(23)27)25-13-17-5-4-12-28-20(17)16-8-6-15(2)7-9-16/h6-11,17,20H,3-5,12-14H2,1-2H3,(H2,23,27)(H2,24,25,26). The molecule has 29 heavy (non-hydrogen) atoms. The third kappa shape index (κ3) is 5.84. The Labute approximate surface area is 171 Å². The molecule has 7 heteroatoms. The van der Waals surface area contributed by atoms with Crippen LogP contribution in [0.25, 0.3) is 0 Å². The van der Waals surface area contributed by atoms with Gasteiger partial charge in [-0.25, -0.2) is 4.99 Å². The first-order valence-corrected chi connectivity index (χ1v) is 10.2. The van der Waals surface area contributed by atoms with E-state index in [-0.39, 0.29) is 11.9 Å². The molecular formula is C22H30N4O3. The van der Waals surface area contributed by atoms with Gasteiger partial charge in [0.2, 0.25) is 0 Å². The number of primary amides is 1. The average molecular weight is 399 g/mol. The maximum atomic E-state index is 11.2. The number of rotatable bonds is 7. The number of carbonyl (C=O) groups excluding carboxylic acids is 1. The maximum absolute atomic E-state index is 11.2. The number of hydrogen-bond acceptors (Lipinski definition) is 4. The predicted molar refractivity (Wildman–Crippen MR) is 113 cm³/mol. The summed E-state index contributed by atoms with van der Waals surface area (Å²) in [6.07, 6.45) is 2.25. The van der Waals surface area contributed by atoms with Crippen LogP contribution in [0.4, 0.5) is 0 Å². The molecule has 1 fully saturated rings. The van der Waals surface area contributed by atoms with Gasteiger partial charge in [0.1, 0.15) is 12.3 Å². The van der Waals surface area contributed by atoms with Gasteiger partial charge in [-0.15, -0.1) is 0 Å². The number of benzene rings is 1. The van der Waals surface area contributed by atoms with E-state index in [1.165, 1.54) is 11.1 Å². The van der Waals surface area contributed by atoms with E-state index in [4.69, 9.17) is 14.9 Å². The lowest BCUT2D eigenvalue weighted by molar-refractivity contribution is -0.0265. The van der Waals surface area contributed by atoms with Crippen molar-refractivity contribution >= 4 is 11.9 Å². The molecule has 2 unspecified atom stereocenters. The number of ether oxygens (including phenoxy) is 1. The highest BCUT2D eigenvalue weighted by atomic mass is 16.5. The Balaban J connectivity index is 1.62. The van der Waals surface area contributed by atoms with Gasteiger partial charge >= 0.3 is 0 Å². The van der Waals surface area contributed by atoms with E-state index in [1.54, 1.807) is 12.1 Å². The van der Waals surface area contributed by atoms with Crippen molar-refractivity contribution in [2.75, 3.05) is 19.7 Å². The number of guanidine groups is 1. The number of aryl methyl sites for hydroxylation is 1. The predicted octanol–water partition coefficient (Wildman–Crippen LogP) is 2.91. The molecule has 1 amide bonds. The molecule has 4 N–H and O–H groups in total. The van der Waals surface area contributed by atoms with Crippen LogP contribution in [0.2, 0.25) is 0 Å². The summed E-state index contributed by atoms with van der Waals surface area (Å²) in [6, 6.07) is 11.9. The van der Waals surface area contributed by atoms with E-state index in [2.05, 4.69) is 46.8 Å². The van der Waals surface area contributed by atoms with E-state index in [0.29, 0.717) is 24.2 Å². The van der Waals surface area contributed by atoms with Crippen molar-refractivity contribution in [1.82, 2.24) is 10.6 Å². The monoisotopic (exact) mass is 398 g/mol. The van der Waals surface area contributed by atoms with Crippen molar-refractivity contribution in [3.05, 3.63) is 59.0 Å². The first kappa shape index (κ1) is 20.9. The molecule has 7 nitrogen and oxygen atoms in total. The number of aliphatic imine (C=N–C) groups is 1. The smallest absolute Gasteiger partial charge is 0.284 e. The minimum absolute atomic E-state index is 0.0860. The molecule has 1 aliphatic rings. The third-order valence-electron chi connectivity index (χ3n) is 5.02. The Morgan fingerprint density at radius 1 is 1.21 bits per heavy atom. The van der Waals surface area contributed by atoms with Crippen LogP contribution in [-0.2, 0) is 11.3 Å². The minimum Gasteiger partial charge on any atom is -0.454 e. The number of nitrogens with two attached hydrogens (primary N) is 1. The third-order valence-corrected chi connectivity index (χ3v) is 5.02. The highest BCUT2D eigenvalue weighted by Gasteiger charge is 2.27.